The number of rotatable bonds is 2. The topological polar surface area (TPSA) is 76.0 Å². The van der Waals surface area contributed by atoms with Crippen LogP contribution in [0, 0.1) is 0 Å². The van der Waals surface area contributed by atoms with Gasteiger partial charge < -0.3 is 10.2 Å². The molecule has 0 aliphatic carbocycles. The van der Waals surface area contributed by atoms with Crippen molar-refractivity contribution < 1.29 is 24.8 Å². The molecule has 5 nitrogen and oxygen atoms in total. The Labute approximate surface area is 78.2 Å². The van der Waals surface area contributed by atoms with Crippen LogP contribution in [0.3, 0.4) is 0 Å². The quantitative estimate of drug-likeness (QED) is 0.392. The molecule has 0 heterocycles. The summed E-state index contributed by atoms with van der Waals surface area (Å²) in [5.41, 5.74) is -0.350. The molecular formula is C8H18O5. The number of hydrogen-bond acceptors (Lipinski definition) is 4. The first-order chi connectivity index (χ1) is 5.65. The van der Waals surface area contributed by atoms with Gasteiger partial charge in [0.05, 0.1) is 5.60 Å². The van der Waals surface area contributed by atoms with Crippen molar-refractivity contribution in [2.45, 2.75) is 46.5 Å². The third-order valence-electron chi connectivity index (χ3n) is 0.437. The lowest BCUT2D eigenvalue weighted by Crippen LogP contribution is -2.22. The minimum Gasteiger partial charge on any atom is -0.481 e. The number of carboxylic acid groups (broad SMARTS) is 1. The number of aliphatic hydroxyl groups is 1. The fourth-order valence-electron chi connectivity index (χ4n) is 0.214. The molecule has 1 unspecified atom stereocenters. The molecule has 0 aromatic rings. The standard InChI is InChI=1S/C6H14O3.C2H4O2/c1-5(7)8-9-6(2,3)4;1-2(3)4/h5,7H,1-4H3;1H3,(H,3,4). The van der Waals surface area contributed by atoms with Gasteiger partial charge in [-0.3, -0.25) is 4.79 Å². The first-order valence-electron chi connectivity index (χ1n) is 3.87. The molecule has 0 amide bonds. The van der Waals surface area contributed by atoms with Crippen molar-refractivity contribution in [1.29, 1.82) is 0 Å². The number of aliphatic carboxylic acids is 1. The second-order valence-corrected chi connectivity index (χ2v) is 3.41. The highest BCUT2D eigenvalue weighted by Gasteiger charge is 2.12. The van der Waals surface area contributed by atoms with E-state index in [9.17, 15) is 0 Å². The lowest BCUT2D eigenvalue weighted by molar-refractivity contribution is -0.405. The Morgan fingerprint density at radius 2 is 1.69 bits per heavy atom. The van der Waals surface area contributed by atoms with Crippen LogP contribution >= 0.6 is 0 Å². The van der Waals surface area contributed by atoms with E-state index >= 15 is 0 Å². The number of carboxylic acids is 1. The lowest BCUT2D eigenvalue weighted by Gasteiger charge is -2.18. The molecule has 0 fully saturated rings. The van der Waals surface area contributed by atoms with Crippen LogP contribution in [0.4, 0.5) is 0 Å². The Kier molecular flexibility index (Phi) is 7.79. The van der Waals surface area contributed by atoms with E-state index in [-0.39, 0.29) is 5.60 Å². The molecule has 0 aromatic heterocycles. The maximum absolute atomic E-state index is 9.00. The van der Waals surface area contributed by atoms with E-state index in [2.05, 4.69) is 4.89 Å². The van der Waals surface area contributed by atoms with Crippen molar-refractivity contribution in [3.63, 3.8) is 0 Å². The summed E-state index contributed by atoms with van der Waals surface area (Å²) in [6, 6.07) is 0. The highest BCUT2D eigenvalue weighted by Crippen LogP contribution is 2.07. The van der Waals surface area contributed by atoms with Gasteiger partial charge in [0.1, 0.15) is 0 Å². The smallest absolute Gasteiger partial charge is 0.300 e. The van der Waals surface area contributed by atoms with Gasteiger partial charge in [-0.05, 0) is 27.7 Å². The van der Waals surface area contributed by atoms with E-state index in [1.807, 2.05) is 20.8 Å². The van der Waals surface area contributed by atoms with Crippen LogP contribution < -0.4 is 0 Å². The summed E-state index contributed by atoms with van der Waals surface area (Å²) in [5.74, 6) is -0.833. The Morgan fingerprint density at radius 3 is 1.77 bits per heavy atom. The van der Waals surface area contributed by atoms with Crippen LogP contribution in [-0.4, -0.2) is 28.1 Å². The van der Waals surface area contributed by atoms with Gasteiger partial charge in [0, 0.05) is 6.92 Å². The first-order valence-corrected chi connectivity index (χ1v) is 3.87. The van der Waals surface area contributed by atoms with Gasteiger partial charge in [0.25, 0.3) is 5.97 Å². The highest BCUT2D eigenvalue weighted by molar-refractivity contribution is 5.62. The van der Waals surface area contributed by atoms with E-state index in [4.69, 9.17) is 19.9 Å². The van der Waals surface area contributed by atoms with Crippen molar-refractivity contribution in [3.8, 4) is 0 Å². The summed E-state index contributed by atoms with van der Waals surface area (Å²) >= 11 is 0. The maximum Gasteiger partial charge on any atom is 0.300 e. The predicted octanol–water partition coefficient (Wildman–Crippen LogP) is 1.16. The van der Waals surface area contributed by atoms with Crippen LogP contribution in [0.5, 0.6) is 0 Å². The Bertz CT molecular complexity index is 132. The zero-order valence-corrected chi connectivity index (χ0v) is 8.70. The predicted molar refractivity (Wildman–Crippen MR) is 46.9 cm³/mol. The molecule has 2 N–H and O–H groups in total. The van der Waals surface area contributed by atoms with Crippen molar-refractivity contribution in [2.24, 2.45) is 0 Å². The second kappa shape index (κ2) is 6.82. The Balaban J connectivity index is 0. The molecule has 0 aliphatic rings. The molecule has 0 saturated heterocycles. The molecule has 0 radical (unpaired) electrons. The second-order valence-electron chi connectivity index (χ2n) is 3.41. The fourth-order valence-corrected chi connectivity index (χ4v) is 0.214. The molecule has 0 rings (SSSR count). The SMILES string of the molecule is CC(=O)O.CC(O)OOC(C)(C)C. The van der Waals surface area contributed by atoms with Crippen molar-refractivity contribution in [1.82, 2.24) is 0 Å². The lowest BCUT2D eigenvalue weighted by atomic mass is 10.2. The summed E-state index contributed by atoms with van der Waals surface area (Å²) in [6.07, 6.45) is -0.857. The Morgan fingerprint density at radius 1 is 1.38 bits per heavy atom. The van der Waals surface area contributed by atoms with Gasteiger partial charge in [0.2, 0.25) is 0 Å². The van der Waals surface area contributed by atoms with E-state index in [0.29, 0.717) is 0 Å². The van der Waals surface area contributed by atoms with E-state index in [1.165, 1.54) is 6.92 Å². The molecule has 1 atom stereocenters. The van der Waals surface area contributed by atoms with Crippen LogP contribution in [-0.2, 0) is 14.6 Å². The van der Waals surface area contributed by atoms with Crippen molar-refractivity contribution in [2.75, 3.05) is 0 Å². The van der Waals surface area contributed by atoms with Gasteiger partial charge in [-0.1, -0.05) is 0 Å². The zero-order chi connectivity index (χ0) is 11.1. The third-order valence-corrected chi connectivity index (χ3v) is 0.437. The van der Waals surface area contributed by atoms with Gasteiger partial charge in [-0.2, -0.15) is 0 Å². The summed E-state index contributed by atoms with van der Waals surface area (Å²) < 4.78 is 0. The molecule has 0 saturated carbocycles. The molecule has 0 aliphatic heterocycles. The molecule has 80 valence electrons. The molecule has 0 spiro atoms. The van der Waals surface area contributed by atoms with Gasteiger partial charge >= 0.3 is 0 Å². The minimum atomic E-state index is -0.857. The first kappa shape index (κ1) is 14.9. The summed E-state index contributed by atoms with van der Waals surface area (Å²) in [6.45, 7) is 8.10. The summed E-state index contributed by atoms with van der Waals surface area (Å²) in [5, 5.41) is 16.0. The highest BCUT2D eigenvalue weighted by atomic mass is 17.2. The van der Waals surface area contributed by atoms with Crippen LogP contribution in [0.2, 0.25) is 0 Å². The molecule has 13 heavy (non-hydrogen) atoms. The normalized spacial score (nSPS) is 12.8. The van der Waals surface area contributed by atoms with Gasteiger partial charge in [-0.25, -0.2) is 9.78 Å². The van der Waals surface area contributed by atoms with E-state index in [1.54, 1.807) is 0 Å². The average Bonchev–Trinajstić information content (AvgIpc) is 1.80. The minimum absolute atomic E-state index is 0.350. The van der Waals surface area contributed by atoms with Crippen molar-refractivity contribution >= 4 is 5.97 Å². The van der Waals surface area contributed by atoms with Crippen molar-refractivity contribution in [3.05, 3.63) is 0 Å². The number of carbonyl (C=O) groups is 1. The summed E-state index contributed by atoms with van der Waals surface area (Å²) in [4.78, 5) is 18.2. The average molecular weight is 194 g/mol. The monoisotopic (exact) mass is 194 g/mol. The van der Waals surface area contributed by atoms with E-state index in [0.717, 1.165) is 6.92 Å². The fraction of sp³-hybridized carbons (Fsp3) is 0.875. The molecule has 5 heteroatoms. The summed E-state index contributed by atoms with van der Waals surface area (Å²) in [7, 11) is 0. The van der Waals surface area contributed by atoms with Crippen LogP contribution in [0.1, 0.15) is 34.6 Å². The largest absolute Gasteiger partial charge is 0.481 e. The third kappa shape index (κ3) is 34.7. The molecular weight excluding hydrogens is 176 g/mol. The zero-order valence-electron chi connectivity index (χ0n) is 8.70. The van der Waals surface area contributed by atoms with Crippen LogP contribution in [0.25, 0.3) is 0 Å². The maximum atomic E-state index is 9.00. The van der Waals surface area contributed by atoms with Gasteiger partial charge in [-0.15, -0.1) is 0 Å². The van der Waals surface area contributed by atoms with Gasteiger partial charge in [0.15, 0.2) is 6.29 Å². The van der Waals surface area contributed by atoms with E-state index < -0.39 is 12.3 Å². The molecule has 0 bridgehead atoms. The number of hydrogen-bond donors (Lipinski definition) is 2. The van der Waals surface area contributed by atoms with Crippen LogP contribution in [0.15, 0.2) is 0 Å². The Hall–Kier alpha value is -0.650. The number of aliphatic hydroxyl groups excluding tert-OH is 1. The molecule has 0 aromatic carbocycles.